The molecule has 14 heavy (non-hydrogen) atoms. The maximum absolute atomic E-state index is 11.0. The number of guanidine groups is 1. The van der Waals surface area contributed by atoms with Gasteiger partial charge >= 0.3 is 6.09 Å². The Labute approximate surface area is 82.5 Å². The van der Waals surface area contributed by atoms with E-state index in [1.54, 1.807) is 20.8 Å². The molecular weight excluding hydrogens is 186 g/mol. The first-order chi connectivity index (χ1) is 6.20. The summed E-state index contributed by atoms with van der Waals surface area (Å²) in [4.78, 5) is 24.8. The summed E-state index contributed by atoms with van der Waals surface area (Å²) in [7, 11) is 0. The van der Waals surface area contributed by atoms with E-state index < -0.39 is 17.6 Å². The number of nitrogens with zero attached hydrogens (tertiary/aromatic N) is 1. The van der Waals surface area contributed by atoms with Gasteiger partial charge in [-0.3, -0.25) is 10.1 Å². The van der Waals surface area contributed by atoms with Crippen LogP contribution in [0.1, 0.15) is 27.7 Å². The van der Waals surface area contributed by atoms with Crippen molar-refractivity contribution in [2.75, 3.05) is 0 Å². The monoisotopic (exact) mass is 201 g/mol. The highest BCUT2D eigenvalue weighted by Gasteiger charge is 2.15. The van der Waals surface area contributed by atoms with Crippen LogP contribution in [-0.4, -0.2) is 23.6 Å². The molecule has 80 valence electrons. The van der Waals surface area contributed by atoms with Gasteiger partial charge < -0.3 is 10.5 Å². The molecule has 0 aliphatic heterocycles. The highest BCUT2D eigenvalue weighted by Crippen LogP contribution is 2.07. The molecule has 0 unspecified atom stereocenters. The summed E-state index contributed by atoms with van der Waals surface area (Å²) in [6.07, 6.45) is -0.830. The van der Waals surface area contributed by atoms with Crippen molar-refractivity contribution in [1.29, 1.82) is 0 Å². The Morgan fingerprint density at radius 1 is 1.36 bits per heavy atom. The van der Waals surface area contributed by atoms with Crippen molar-refractivity contribution in [3.8, 4) is 0 Å². The molecule has 0 heterocycles. The highest BCUT2D eigenvalue weighted by molar-refractivity contribution is 5.99. The third-order valence-corrected chi connectivity index (χ3v) is 0.909. The third-order valence-electron chi connectivity index (χ3n) is 0.909. The Bertz CT molecular complexity index is 265. The van der Waals surface area contributed by atoms with Crippen LogP contribution in [0.2, 0.25) is 0 Å². The topological polar surface area (TPSA) is 93.8 Å². The third kappa shape index (κ3) is 7.08. The molecule has 0 saturated heterocycles. The molecule has 0 aliphatic carbocycles. The largest absolute Gasteiger partial charge is 0.442 e. The van der Waals surface area contributed by atoms with Crippen LogP contribution in [0.25, 0.3) is 0 Å². The van der Waals surface area contributed by atoms with Crippen molar-refractivity contribution < 1.29 is 14.3 Å². The van der Waals surface area contributed by atoms with E-state index in [1.165, 1.54) is 6.92 Å². The Balaban J connectivity index is 4.23. The number of amides is 2. The number of aliphatic imine (C=N–C) groups is 1. The van der Waals surface area contributed by atoms with Gasteiger partial charge in [0, 0.05) is 6.92 Å². The standard InChI is InChI=1S/C8H15N3O3/c1-5(12)10-6(9)11-7(13)14-8(2,3)4/h1-4H3,(H3,9,10,11,12,13). The van der Waals surface area contributed by atoms with Crippen LogP contribution in [0.3, 0.4) is 0 Å². The van der Waals surface area contributed by atoms with E-state index in [9.17, 15) is 9.59 Å². The zero-order valence-corrected chi connectivity index (χ0v) is 8.75. The van der Waals surface area contributed by atoms with Crippen LogP contribution < -0.4 is 11.1 Å². The summed E-state index contributed by atoms with van der Waals surface area (Å²) in [5, 5.41) is 2.15. The van der Waals surface area contributed by atoms with E-state index in [1.807, 2.05) is 0 Å². The number of hydrogen-bond donors (Lipinski definition) is 2. The van der Waals surface area contributed by atoms with Gasteiger partial charge in [-0.05, 0) is 20.8 Å². The van der Waals surface area contributed by atoms with Gasteiger partial charge in [0.25, 0.3) is 0 Å². The molecule has 0 rings (SSSR count). The minimum Gasteiger partial charge on any atom is -0.442 e. The summed E-state index contributed by atoms with van der Waals surface area (Å²) in [5.41, 5.74) is 4.58. The van der Waals surface area contributed by atoms with Crippen LogP contribution in [0.5, 0.6) is 0 Å². The first-order valence-electron chi connectivity index (χ1n) is 4.05. The maximum atomic E-state index is 11.0. The lowest BCUT2D eigenvalue weighted by molar-refractivity contribution is -0.117. The van der Waals surface area contributed by atoms with E-state index in [2.05, 4.69) is 10.3 Å². The van der Waals surface area contributed by atoms with Crippen LogP contribution in [0, 0.1) is 0 Å². The molecule has 0 aromatic heterocycles. The number of carbonyl (C=O) groups is 2. The van der Waals surface area contributed by atoms with Crippen LogP contribution in [0.4, 0.5) is 4.79 Å². The van der Waals surface area contributed by atoms with Crippen molar-refractivity contribution in [3.63, 3.8) is 0 Å². The molecule has 0 aromatic carbocycles. The van der Waals surface area contributed by atoms with Gasteiger partial charge in [0.15, 0.2) is 0 Å². The zero-order chi connectivity index (χ0) is 11.4. The first-order valence-corrected chi connectivity index (χ1v) is 4.05. The van der Waals surface area contributed by atoms with Gasteiger partial charge in [-0.15, -0.1) is 4.99 Å². The summed E-state index contributed by atoms with van der Waals surface area (Å²) < 4.78 is 4.83. The molecule has 0 saturated carbocycles. The van der Waals surface area contributed by atoms with E-state index in [-0.39, 0.29) is 5.96 Å². The van der Waals surface area contributed by atoms with Gasteiger partial charge in [0.1, 0.15) is 5.60 Å². The van der Waals surface area contributed by atoms with Crippen molar-refractivity contribution in [2.24, 2.45) is 10.7 Å². The Hall–Kier alpha value is -1.59. The summed E-state index contributed by atoms with van der Waals surface area (Å²) >= 11 is 0. The second kappa shape index (κ2) is 4.59. The number of rotatable bonds is 0. The van der Waals surface area contributed by atoms with Gasteiger partial charge in [-0.25, -0.2) is 4.79 Å². The van der Waals surface area contributed by atoms with Crippen LogP contribution >= 0.6 is 0 Å². The number of hydrogen-bond acceptors (Lipinski definition) is 3. The Kier molecular flexibility index (Phi) is 4.07. The number of nitrogens with two attached hydrogens (primary N) is 1. The van der Waals surface area contributed by atoms with Crippen molar-refractivity contribution >= 4 is 18.0 Å². The van der Waals surface area contributed by atoms with Crippen molar-refractivity contribution in [2.45, 2.75) is 33.3 Å². The molecular formula is C8H15N3O3. The van der Waals surface area contributed by atoms with Gasteiger partial charge in [-0.1, -0.05) is 0 Å². The predicted octanol–water partition coefficient (Wildman–Crippen LogP) is 0.372. The molecule has 0 bridgehead atoms. The SMILES string of the molecule is CC(=O)N/C(N)=N/C(=O)OC(C)(C)C. The Morgan fingerprint density at radius 2 is 1.86 bits per heavy atom. The predicted molar refractivity (Wildman–Crippen MR) is 51.7 cm³/mol. The zero-order valence-electron chi connectivity index (χ0n) is 8.75. The highest BCUT2D eigenvalue weighted by atomic mass is 16.6. The van der Waals surface area contributed by atoms with E-state index >= 15 is 0 Å². The molecule has 0 aliphatic rings. The lowest BCUT2D eigenvalue weighted by Gasteiger charge is -2.17. The fourth-order valence-corrected chi connectivity index (χ4v) is 0.591. The quantitative estimate of drug-likeness (QED) is 0.437. The van der Waals surface area contributed by atoms with Gasteiger partial charge in [0.2, 0.25) is 11.9 Å². The number of nitrogens with one attached hydrogen (secondary N) is 1. The lowest BCUT2D eigenvalue weighted by Crippen LogP contribution is -2.36. The molecule has 6 heteroatoms. The lowest BCUT2D eigenvalue weighted by atomic mass is 10.2. The average molecular weight is 201 g/mol. The van der Waals surface area contributed by atoms with Crippen LogP contribution in [0.15, 0.2) is 4.99 Å². The van der Waals surface area contributed by atoms with Crippen molar-refractivity contribution in [1.82, 2.24) is 5.32 Å². The van der Waals surface area contributed by atoms with Crippen LogP contribution in [-0.2, 0) is 9.53 Å². The maximum Gasteiger partial charge on any atom is 0.437 e. The minimum atomic E-state index is -0.830. The van der Waals surface area contributed by atoms with E-state index in [0.29, 0.717) is 0 Å². The second-order valence-corrected chi connectivity index (χ2v) is 3.66. The van der Waals surface area contributed by atoms with Crippen molar-refractivity contribution in [3.05, 3.63) is 0 Å². The van der Waals surface area contributed by atoms with Gasteiger partial charge in [-0.2, -0.15) is 0 Å². The van der Waals surface area contributed by atoms with E-state index in [0.717, 1.165) is 0 Å². The minimum absolute atomic E-state index is 0.272. The fourth-order valence-electron chi connectivity index (χ4n) is 0.591. The number of ether oxygens (including phenoxy) is 1. The first kappa shape index (κ1) is 12.4. The smallest absolute Gasteiger partial charge is 0.437 e. The summed E-state index contributed by atoms with van der Waals surface area (Å²) in [6.45, 7) is 6.37. The molecule has 3 N–H and O–H groups in total. The normalized spacial score (nSPS) is 12.1. The second-order valence-electron chi connectivity index (χ2n) is 3.66. The summed E-state index contributed by atoms with van der Waals surface area (Å²) in [5.74, 6) is -0.665. The average Bonchev–Trinajstić information content (AvgIpc) is 1.77. The Morgan fingerprint density at radius 3 is 2.21 bits per heavy atom. The van der Waals surface area contributed by atoms with E-state index in [4.69, 9.17) is 10.5 Å². The molecule has 0 atom stereocenters. The molecule has 6 nitrogen and oxygen atoms in total. The molecule has 0 aromatic rings. The summed E-state index contributed by atoms with van der Waals surface area (Å²) in [6, 6.07) is 0. The fraction of sp³-hybridized carbons (Fsp3) is 0.625. The molecule has 0 spiro atoms. The molecule has 2 amide bonds. The number of carbonyl (C=O) groups excluding carboxylic acids is 2. The molecule has 0 radical (unpaired) electrons. The molecule has 0 fully saturated rings. The van der Waals surface area contributed by atoms with Gasteiger partial charge in [0.05, 0.1) is 0 Å².